The molecule has 2 rings (SSSR count). The Balaban J connectivity index is 2.13. The number of aromatic nitrogens is 3. The summed E-state index contributed by atoms with van der Waals surface area (Å²) < 4.78 is 36.7. The van der Waals surface area contributed by atoms with Gasteiger partial charge in [-0.2, -0.15) is 18.3 Å². The van der Waals surface area contributed by atoms with Crippen molar-refractivity contribution in [2.24, 2.45) is 0 Å². The number of anilines is 1. The molecule has 2 aromatic heterocycles. The lowest BCUT2D eigenvalue weighted by atomic mass is 10.3. The molecular formula is C8H5F3N4OS. The van der Waals surface area contributed by atoms with Gasteiger partial charge in [0, 0.05) is 17.6 Å². The van der Waals surface area contributed by atoms with E-state index in [1.807, 2.05) is 0 Å². The molecule has 2 heterocycles. The Morgan fingerprint density at radius 1 is 1.47 bits per heavy atom. The number of thiazole rings is 1. The first-order valence-electron chi connectivity index (χ1n) is 4.30. The number of alkyl halides is 3. The number of rotatable bonds is 2. The van der Waals surface area contributed by atoms with Crippen LogP contribution >= 0.6 is 11.3 Å². The van der Waals surface area contributed by atoms with Crippen molar-refractivity contribution >= 4 is 22.4 Å². The van der Waals surface area contributed by atoms with Crippen molar-refractivity contribution < 1.29 is 18.0 Å². The van der Waals surface area contributed by atoms with Gasteiger partial charge in [0.2, 0.25) is 0 Å². The summed E-state index contributed by atoms with van der Waals surface area (Å²) in [6.07, 6.45) is -3.08. The van der Waals surface area contributed by atoms with Crippen LogP contribution in [0.25, 0.3) is 0 Å². The van der Waals surface area contributed by atoms with Gasteiger partial charge in [-0.1, -0.05) is 0 Å². The van der Waals surface area contributed by atoms with Crippen LogP contribution in [0.2, 0.25) is 0 Å². The summed E-state index contributed by atoms with van der Waals surface area (Å²) in [6.45, 7) is 0. The van der Waals surface area contributed by atoms with Crippen LogP contribution in [0, 0.1) is 0 Å². The lowest BCUT2D eigenvalue weighted by molar-refractivity contribution is -0.141. The second-order valence-electron chi connectivity index (χ2n) is 2.96. The van der Waals surface area contributed by atoms with Gasteiger partial charge < -0.3 is 0 Å². The molecule has 17 heavy (non-hydrogen) atoms. The smallest absolute Gasteiger partial charge is 0.296 e. The Hall–Kier alpha value is -1.90. The molecule has 0 saturated heterocycles. The van der Waals surface area contributed by atoms with Gasteiger partial charge in [0.15, 0.2) is 10.8 Å². The van der Waals surface area contributed by atoms with E-state index in [2.05, 4.69) is 15.4 Å². The summed E-state index contributed by atoms with van der Waals surface area (Å²) in [5.74, 6) is -0.744. The highest BCUT2D eigenvalue weighted by Gasteiger charge is 2.33. The Kier molecular flexibility index (Phi) is 2.84. The van der Waals surface area contributed by atoms with E-state index in [9.17, 15) is 18.0 Å². The van der Waals surface area contributed by atoms with Crippen molar-refractivity contribution in [3.8, 4) is 0 Å². The van der Waals surface area contributed by atoms with Crippen molar-refractivity contribution in [2.45, 2.75) is 6.18 Å². The number of nitrogens with zero attached hydrogens (tertiary/aromatic N) is 2. The maximum absolute atomic E-state index is 12.2. The fourth-order valence-corrected chi connectivity index (χ4v) is 1.55. The van der Waals surface area contributed by atoms with Crippen LogP contribution in [-0.4, -0.2) is 21.1 Å². The van der Waals surface area contributed by atoms with E-state index >= 15 is 0 Å². The van der Waals surface area contributed by atoms with Gasteiger partial charge in [0.1, 0.15) is 5.69 Å². The molecule has 0 aliphatic rings. The summed E-state index contributed by atoms with van der Waals surface area (Å²) in [4.78, 5) is 15.2. The van der Waals surface area contributed by atoms with E-state index in [0.717, 1.165) is 11.3 Å². The second kappa shape index (κ2) is 4.17. The molecule has 0 spiro atoms. The van der Waals surface area contributed by atoms with Crippen LogP contribution < -0.4 is 5.32 Å². The summed E-state index contributed by atoms with van der Waals surface area (Å²) in [6, 6.07) is 0.642. The molecule has 1 amide bonds. The van der Waals surface area contributed by atoms with E-state index in [0.29, 0.717) is 11.2 Å². The minimum absolute atomic E-state index is 0.298. The molecule has 0 unspecified atom stereocenters. The highest BCUT2D eigenvalue weighted by Crippen LogP contribution is 2.27. The zero-order valence-corrected chi connectivity index (χ0v) is 8.89. The fourth-order valence-electron chi connectivity index (χ4n) is 1.03. The summed E-state index contributed by atoms with van der Waals surface area (Å²) in [5, 5.41) is 9.28. The molecule has 2 N–H and O–H groups in total. The first-order valence-corrected chi connectivity index (χ1v) is 5.18. The lowest BCUT2D eigenvalue weighted by Gasteiger charge is -1.99. The largest absolute Gasteiger partial charge is 0.432 e. The molecule has 0 aromatic carbocycles. The van der Waals surface area contributed by atoms with Gasteiger partial charge in [-0.3, -0.25) is 15.2 Å². The number of nitrogens with one attached hydrogen (secondary N) is 2. The van der Waals surface area contributed by atoms with Crippen LogP contribution in [-0.2, 0) is 6.18 Å². The van der Waals surface area contributed by atoms with E-state index in [1.54, 1.807) is 10.5 Å². The number of hydrogen-bond acceptors (Lipinski definition) is 4. The Labute approximate surface area is 96.7 Å². The summed E-state index contributed by atoms with van der Waals surface area (Å²) >= 11 is 1.16. The molecule has 90 valence electrons. The van der Waals surface area contributed by atoms with Crippen molar-refractivity contribution in [2.75, 3.05) is 5.32 Å². The zero-order chi connectivity index (χ0) is 12.5. The van der Waals surface area contributed by atoms with Crippen LogP contribution in [0.5, 0.6) is 0 Å². The normalized spacial score (nSPS) is 11.5. The molecule has 0 saturated carbocycles. The first-order chi connectivity index (χ1) is 7.97. The average molecular weight is 262 g/mol. The standard InChI is InChI=1S/C8H5F3N4OS/c9-8(10,11)5-3-4(14-15-5)6(16)13-7-12-1-2-17-7/h1-3H,(H,14,15)(H,12,13,16). The quantitative estimate of drug-likeness (QED) is 0.871. The van der Waals surface area contributed by atoms with E-state index in [4.69, 9.17) is 0 Å². The zero-order valence-electron chi connectivity index (χ0n) is 8.08. The van der Waals surface area contributed by atoms with E-state index in [-0.39, 0.29) is 5.69 Å². The fraction of sp³-hybridized carbons (Fsp3) is 0.125. The Morgan fingerprint density at radius 2 is 2.24 bits per heavy atom. The predicted molar refractivity (Wildman–Crippen MR) is 53.7 cm³/mol. The third-order valence-electron chi connectivity index (χ3n) is 1.77. The van der Waals surface area contributed by atoms with Gasteiger partial charge in [-0.15, -0.1) is 11.3 Å². The minimum atomic E-state index is -4.55. The monoisotopic (exact) mass is 262 g/mol. The van der Waals surface area contributed by atoms with Gasteiger partial charge in [-0.05, 0) is 0 Å². The van der Waals surface area contributed by atoms with Crippen molar-refractivity contribution in [3.05, 3.63) is 29.0 Å². The molecule has 2 aromatic rings. The number of hydrogen-bond donors (Lipinski definition) is 2. The highest BCUT2D eigenvalue weighted by atomic mass is 32.1. The molecule has 0 radical (unpaired) electrons. The molecule has 0 aliphatic carbocycles. The lowest BCUT2D eigenvalue weighted by Crippen LogP contribution is -2.12. The van der Waals surface area contributed by atoms with Crippen LogP contribution in [0.3, 0.4) is 0 Å². The van der Waals surface area contributed by atoms with Crippen molar-refractivity contribution in [1.82, 2.24) is 15.2 Å². The average Bonchev–Trinajstić information content (AvgIpc) is 2.85. The summed E-state index contributed by atoms with van der Waals surface area (Å²) in [7, 11) is 0. The highest BCUT2D eigenvalue weighted by molar-refractivity contribution is 7.13. The maximum Gasteiger partial charge on any atom is 0.432 e. The van der Waals surface area contributed by atoms with E-state index in [1.165, 1.54) is 6.20 Å². The third kappa shape index (κ3) is 2.61. The van der Waals surface area contributed by atoms with Crippen LogP contribution in [0.4, 0.5) is 18.3 Å². The van der Waals surface area contributed by atoms with E-state index < -0.39 is 17.8 Å². The maximum atomic E-state index is 12.2. The molecule has 0 aliphatic heterocycles. The number of carbonyl (C=O) groups excluding carboxylic acids is 1. The van der Waals surface area contributed by atoms with Gasteiger partial charge in [0.05, 0.1) is 0 Å². The second-order valence-corrected chi connectivity index (χ2v) is 3.85. The van der Waals surface area contributed by atoms with Crippen molar-refractivity contribution in [3.63, 3.8) is 0 Å². The minimum Gasteiger partial charge on any atom is -0.296 e. The number of H-pyrrole nitrogens is 1. The molecule has 0 bridgehead atoms. The first kappa shape index (κ1) is 11.6. The number of aromatic amines is 1. The molecule has 5 nitrogen and oxygen atoms in total. The van der Waals surface area contributed by atoms with Gasteiger partial charge >= 0.3 is 6.18 Å². The Bertz CT molecular complexity index is 519. The molecule has 9 heteroatoms. The van der Waals surface area contributed by atoms with Crippen LogP contribution in [0.15, 0.2) is 17.6 Å². The third-order valence-corrected chi connectivity index (χ3v) is 2.46. The summed E-state index contributed by atoms with van der Waals surface area (Å²) in [5.41, 5.74) is -1.41. The van der Waals surface area contributed by atoms with Gasteiger partial charge in [0.25, 0.3) is 5.91 Å². The number of halogens is 3. The number of carbonyl (C=O) groups is 1. The van der Waals surface area contributed by atoms with Crippen molar-refractivity contribution in [1.29, 1.82) is 0 Å². The predicted octanol–water partition coefficient (Wildman–Crippen LogP) is 2.14. The molecule has 0 fully saturated rings. The Morgan fingerprint density at radius 3 is 2.76 bits per heavy atom. The molecule has 0 atom stereocenters. The SMILES string of the molecule is O=C(Nc1nccs1)c1cc(C(F)(F)F)[nH]n1. The van der Waals surface area contributed by atoms with Gasteiger partial charge in [-0.25, -0.2) is 4.98 Å². The van der Waals surface area contributed by atoms with Crippen LogP contribution in [0.1, 0.15) is 16.2 Å². The number of amides is 1. The molecular weight excluding hydrogens is 257 g/mol. The topological polar surface area (TPSA) is 70.7 Å².